The average Bonchev–Trinajstić information content (AvgIpc) is 2.71. The molecule has 0 N–H and O–H groups in total. The zero-order valence-corrected chi connectivity index (χ0v) is 7.50. The highest BCUT2D eigenvalue weighted by Crippen LogP contribution is 2.28. The van der Waals surface area contributed by atoms with Crippen LogP contribution in [0.4, 0.5) is 0 Å². The first kappa shape index (κ1) is 4.96. The van der Waals surface area contributed by atoms with Crippen molar-refractivity contribution < 1.29 is 10.2 Å². The molecule has 3 heteroatoms. The van der Waals surface area contributed by atoms with E-state index in [0.29, 0.717) is 0 Å². The fourth-order valence-corrected chi connectivity index (χ4v) is 1.74. The first-order chi connectivity index (χ1) is 7.95. The molecule has 1 atom stereocenters. The van der Waals surface area contributed by atoms with E-state index < -0.39 is 12.2 Å². The van der Waals surface area contributed by atoms with Crippen molar-refractivity contribution in [2.24, 2.45) is 0 Å². The van der Waals surface area contributed by atoms with Gasteiger partial charge in [-0.3, -0.25) is 4.90 Å². The molecule has 13 heavy (non-hydrogen) atoms. The van der Waals surface area contributed by atoms with Crippen LogP contribution in [0.1, 0.15) is 29.9 Å². The Labute approximate surface area is 83.8 Å². The van der Waals surface area contributed by atoms with Gasteiger partial charge in [0, 0.05) is 17.6 Å². The summed E-state index contributed by atoms with van der Waals surface area (Å²) in [6.45, 7) is 0.859. The lowest BCUT2D eigenvalue weighted by Crippen LogP contribution is -2.27. The third-order valence-corrected chi connectivity index (χ3v) is 2.43. The summed E-state index contributed by atoms with van der Waals surface area (Å²) in [7, 11) is 1.88. The maximum atomic E-state index is 11.5. The number of pyridine rings is 1. The molecule has 0 saturated carbocycles. The minimum atomic E-state index is -0.621. The van der Waals surface area contributed by atoms with Gasteiger partial charge in [0.05, 0.1) is 2.74 Å². The quantitative estimate of drug-likeness (QED) is 0.480. The second-order valence-electron chi connectivity index (χ2n) is 3.32. The van der Waals surface area contributed by atoms with Gasteiger partial charge in [-0.05, 0) is 32.5 Å². The molecule has 1 saturated heterocycles. The number of hydrogen-bond acceptors (Lipinski definition) is 2. The van der Waals surface area contributed by atoms with Gasteiger partial charge in [0.1, 0.15) is 2.74 Å². The lowest BCUT2D eigenvalue weighted by molar-refractivity contribution is -0.606. The summed E-state index contributed by atoms with van der Waals surface area (Å²) in [5.74, 6) is 0. The van der Waals surface area contributed by atoms with E-state index in [4.69, 9.17) is 5.48 Å². The van der Waals surface area contributed by atoms with Gasteiger partial charge >= 0.3 is 0 Å². The topological polar surface area (TPSA) is 30.2 Å². The maximum absolute atomic E-state index is 11.5. The fraction of sp³-hybridized carbons (Fsp3) is 0.500. The molecule has 0 aliphatic carbocycles. The highest BCUT2D eigenvalue weighted by atomic mass is 16.5. The Morgan fingerprint density at radius 1 is 1.77 bits per heavy atom. The van der Waals surface area contributed by atoms with E-state index in [9.17, 15) is 5.21 Å². The molecular weight excluding hydrogens is 164 g/mol. The molecule has 0 spiro atoms. The summed E-state index contributed by atoms with van der Waals surface area (Å²) in [6.07, 6.45) is 0.749. The number of aromatic nitrogens is 1. The van der Waals surface area contributed by atoms with Crippen molar-refractivity contribution in [2.45, 2.75) is 18.9 Å². The van der Waals surface area contributed by atoms with Gasteiger partial charge in [-0.25, -0.2) is 0 Å². The third kappa shape index (κ3) is 1.65. The minimum absolute atomic E-state index is 0.127. The van der Waals surface area contributed by atoms with Gasteiger partial charge < -0.3 is 5.21 Å². The largest absolute Gasteiger partial charge is 0.619 e. The zero-order valence-electron chi connectivity index (χ0n) is 11.5. The van der Waals surface area contributed by atoms with E-state index in [1.165, 1.54) is 0 Å². The van der Waals surface area contributed by atoms with Crippen molar-refractivity contribution in [1.29, 1.82) is 0 Å². The Bertz CT molecular complexity index is 437. The van der Waals surface area contributed by atoms with Crippen molar-refractivity contribution in [3.8, 4) is 0 Å². The molecule has 0 radical (unpaired) electrons. The first-order valence-electron chi connectivity index (χ1n) is 6.35. The van der Waals surface area contributed by atoms with Crippen LogP contribution in [0.2, 0.25) is 0 Å². The molecular formula is C10H14N2O. The molecule has 2 rings (SSSR count). The van der Waals surface area contributed by atoms with E-state index in [0.717, 1.165) is 19.4 Å². The van der Waals surface area contributed by atoms with Crippen molar-refractivity contribution in [3.63, 3.8) is 0 Å². The molecule has 0 aromatic carbocycles. The Morgan fingerprint density at radius 2 is 2.62 bits per heavy atom. The molecule has 1 aromatic heterocycles. The molecule has 1 fully saturated rings. The Kier molecular flexibility index (Phi) is 1.27. The van der Waals surface area contributed by atoms with Crippen molar-refractivity contribution in [1.82, 2.24) is 4.90 Å². The van der Waals surface area contributed by atoms with Crippen LogP contribution in [-0.2, 0) is 0 Å². The monoisotopic (exact) mass is 182 g/mol. The predicted molar refractivity (Wildman–Crippen MR) is 50.0 cm³/mol. The average molecular weight is 182 g/mol. The molecule has 70 valence electrons. The van der Waals surface area contributed by atoms with Crippen LogP contribution in [0.3, 0.4) is 0 Å². The predicted octanol–water partition coefficient (Wildman–Crippen LogP) is 1.09. The second-order valence-corrected chi connectivity index (χ2v) is 3.32. The number of rotatable bonds is 1. The molecule has 1 unspecified atom stereocenters. The van der Waals surface area contributed by atoms with Crippen molar-refractivity contribution >= 4 is 0 Å². The van der Waals surface area contributed by atoms with E-state index in [2.05, 4.69) is 0 Å². The molecule has 3 nitrogen and oxygen atoms in total. The van der Waals surface area contributed by atoms with E-state index in [1.54, 1.807) is 0 Å². The highest BCUT2D eigenvalue weighted by molar-refractivity contribution is 5.12. The number of nitrogens with zero attached hydrogens (tertiary/aromatic N) is 2. The first-order valence-corrected chi connectivity index (χ1v) is 4.35. The van der Waals surface area contributed by atoms with E-state index in [1.807, 2.05) is 11.9 Å². The minimum Gasteiger partial charge on any atom is -0.619 e. The van der Waals surface area contributed by atoms with Crippen LogP contribution >= 0.6 is 0 Å². The maximum Gasteiger partial charge on any atom is 0.185 e. The van der Waals surface area contributed by atoms with E-state index in [-0.39, 0.29) is 28.6 Å². The van der Waals surface area contributed by atoms with Crippen LogP contribution in [-0.4, -0.2) is 18.5 Å². The van der Waals surface area contributed by atoms with Gasteiger partial charge in [0.25, 0.3) is 0 Å². The van der Waals surface area contributed by atoms with Crippen LogP contribution < -0.4 is 4.73 Å². The SMILES string of the molecule is [2H]c1c([2H])c([2H])[n+]([O-])c([2H])c1C1CCCN1C. The summed E-state index contributed by atoms with van der Waals surface area (Å²) < 4.78 is 30.6. The molecule has 1 aromatic rings. The van der Waals surface area contributed by atoms with Gasteiger partial charge in [-0.2, -0.15) is 4.73 Å². The number of likely N-dealkylation sites (tertiary alicyclic amines) is 1. The Morgan fingerprint density at radius 3 is 3.31 bits per heavy atom. The Hall–Kier alpha value is -1.09. The van der Waals surface area contributed by atoms with Gasteiger partial charge in [-0.1, -0.05) is 0 Å². The Balaban J connectivity index is 2.61. The lowest BCUT2D eigenvalue weighted by atomic mass is 10.1. The summed E-state index contributed by atoms with van der Waals surface area (Å²) in [5.41, 5.74) is 0.279. The standard InChI is InChI=1S/C10H14N2O/c1-11-6-3-5-10(11)9-4-2-7-12(13)8-9/h2,4,7-8,10H,3,5-6H2,1H3/i2D,4D,7D,8D. The third-order valence-electron chi connectivity index (χ3n) is 2.43. The molecule has 1 aliphatic rings. The normalized spacial score (nSPS) is 27.9. The summed E-state index contributed by atoms with van der Waals surface area (Å²) in [6, 6.07) is -0.711. The molecule has 2 heterocycles. The van der Waals surface area contributed by atoms with Crippen molar-refractivity contribution in [3.05, 3.63) is 35.2 Å². The molecule has 0 bridgehead atoms. The van der Waals surface area contributed by atoms with Crippen molar-refractivity contribution in [2.75, 3.05) is 13.6 Å². The van der Waals surface area contributed by atoms with Crippen LogP contribution in [0.25, 0.3) is 0 Å². The van der Waals surface area contributed by atoms with Crippen LogP contribution in [0.5, 0.6) is 0 Å². The van der Waals surface area contributed by atoms with Gasteiger partial charge in [0.15, 0.2) is 12.3 Å². The summed E-state index contributed by atoms with van der Waals surface area (Å²) in [5, 5.41) is 11.5. The molecule has 1 aliphatic heterocycles. The van der Waals surface area contributed by atoms with Crippen LogP contribution in [0, 0.1) is 5.21 Å². The summed E-state index contributed by atoms with van der Waals surface area (Å²) >= 11 is 0. The fourth-order valence-electron chi connectivity index (χ4n) is 1.74. The smallest absolute Gasteiger partial charge is 0.185 e. The zero-order chi connectivity index (χ0) is 12.7. The number of hydrogen-bond donors (Lipinski definition) is 0. The lowest BCUT2D eigenvalue weighted by Gasteiger charge is -2.18. The summed E-state index contributed by atoms with van der Waals surface area (Å²) in [4.78, 5) is 1.98. The molecule has 0 amide bonds. The second kappa shape index (κ2) is 3.34. The van der Waals surface area contributed by atoms with Gasteiger partial charge in [-0.15, -0.1) is 0 Å². The van der Waals surface area contributed by atoms with E-state index >= 15 is 0 Å². The highest BCUT2D eigenvalue weighted by Gasteiger charge is 2.23. The van der Waals surface area contributed by atoms with Gasteiger partial charge in [0.2, 0.25) is 0 Å². The van der Waals surface area contributed by atoms with Crippen LogP contribution in [0.15, 0.2) is 24.4 Å².